The minimum Gasteiger partial charge on any atom is -0.494 e. The zero-order chi connectivity index (χ0) is 24.0. The molecule has 3 aromatic rings. The fraction of sp³-hybridized carbons (Fsp3) is 0.333. The van der Waals surface area contributed by atoms with Crippen molar-refractivity contribution in [2.75, 3.05) is 39.4 Å². The largest absolute Gasteiger partial charge is 0.494 e. The van der Waals surface area contributed by atoms with Crippen LogP contribution in [0.25, 0.3) is 0 Å². The maximum absolute atomic E-state index is 13.6. The van der Waals surface area contributed by atoms with Crippen molar-refractivity contribution in [3.63, 3.8) is 0 Å². The van der Waals surface area contributed by atoms with E-state index in [2.05, 4.69) is 29.2 Å². The Kier molecular flexibility index (Phi) is 7.88. The van der Waals surface area contributed by atoms with E-state index in [0.717, 1.165) is 0 Å². The third-order valence-electron chi connectivity index (χ3n) is 6.01. The number of piperazine rings is 1. The SMILES string of the molecule is CCOc1ccc(OCC)c(S(=O)(=O)N2CCN(C(c3ccccc3)c3ccccc3)CC2)c1. The van der Waals surface area contributed by atoms with E-state index in [0.29, 0.717) is 50.9 Å². The van der Waals surface area contributed by atoms with Crippen LogP contribution in [0, 0.1) is 0 Å². The van der Waals surface area contributed by atoms with Gasteiger partial charge in [0.05, 0.1) is 19.3 Å². The number of benzene rings is 3. The zero-order valence-corrected chi connectivity index (χ0v) is 20.6. The van der Waals surface area contributed by atoms with Crippen LogP contribution in [0.3, 0.4) is 0 Å². The van der Waals surface area contributed by atoms with Crippen molar-refractivity contribution in [1.82, 2.24) is 9.21 Å². The molecule has 1 saturated heterocycles. The molecule has 180 valence electrons. The summed E-state index contributed by atoms with van der Waals surface area (Å²) in [4.78, 5) is 2.52. The number of nitrogens with zero attached hydrogens (tertiary/aromatic N) is 2. The summed E-state index contributed by atoms with van der Waals surface area (Å²) in [5, 5.41) is 0. The summed E-state index contributed by atoms with van der Waals surface area (Å²) in [6.45, 7) is 6.64. The van der Waals surface area contributed by atoms with Crippen LogP contribution >= 0.6 is 0 Å². The lowest BCUT2D eigenvalue weighted by molar-refractivity contribution is 0.155. The molecule has 6 nitrogen and oxygen atoms in total. The number of rotatable bonds is 9. The highest BCUT2D eigenvalue weighted by atomic mass is 32.2. The Hall–Kier alpha value is -2.87. The van der Waals surface area contributed by atoms with Crippen LogP contribution in [0.2, 0.25) is 0 Å². The number of hydrogen-bond donors (Lipinski definition) is 0. The van der Waals surface area contributed by atoms with Crippen molar-refractivity contribution >= 4 is 10.0 Å². The van der Waals surface area contributed by atoms with Gasteiger partial charge >= 0.3 is 0 Å². The molecule has 4 rings (SSSR count). The van der Waals surface area contributed by atoms with E-state index in [1.165, 1.54) is 11.1 Å². The summed E-state index contributed by atoms with van der Waals surface area (Å²) in [5.74, 6) is 0.885. The first-order valence-corrected chi connectivity index (χ1v) is 13.2. The third-order valence-corrected chi connectivity index (χ3v) is 7.93. The highest BCUT2D eigenvalue weighted by molar-refractivity contribution is 7.89. The fourth-order valence-corrected chi connectivity index (χ4v) is 6.02. The first kappa shape index (κ1) is 24.3. The highest BCUT2D eigenvalue weighted by Gasteiger charge is 2.34. The van der Waals surface area contributed by atoms with Gasteiger partial charge in [-0.15, -0.1) is 0 Å². The summed E-state index contributed by atoms with van der Waals surface area (Å²) >= 11 is 0. The quantitative estimate of drug-likeness (QED) is 0.449. The average molecular weight is 481 g/mol. The molecule has 0 aliphatic carbocycles. The molecule has 0 bridgehead atoms. The van der Waals surface area contributed by atoms with Gasteiger partial charge < -0.3 is 9.47 Å². The second-order valence-corrected chi connectivity index (χ2v) is 10.0. The molecule has 1 fully saturated rings. The Morgan fingerprint density at radius 1 is 0.765 bits per heavy atom. The van der Waals surface area contributed by atoms with Crippen molar-refractivity contribution in [2.24, 2.45) is 0 Å². The molecule has 34 heavy (non-hydrogen) atoms. The fourth-order valence-electron chi connectivity index (χ4n) is 4.45. The van der Waals surface area contributed by atoms with Crippen molar-refractivity contribution < 1.29 is 17.9 Å². The molecule has 0 radical (unpaired) electrons. The first-order chi connectivity index (χ1) is 16.5. The predicted octanol–water partition coefficient (Wildman–Crippen LogP) is 4.58. The minimum atomic E-state index is -3.73. The molecule has 0 amide bonds. The maximum Gasteiger partial charge on any atom is 0.246 e. The van der Waals surface area contributed by atoms with E-state index >= 15 is 0 Å². The predicted molar refractivity (Wildman–Crippen MR) is 134 cm³/mol. The van der Waals surface area contributed by atoms with Crippen LogP contribution in [0.4, 0.5) is 0 Å². The van der Waals surface area contributed by atoms with Gasteiger partial charge in [-0.25, -0.2) is 8.42 Å². The van der Waals surface area contributed by atoms with E-state index in [-0.39, 0.29) is 10.9 Å². The smallest absolute Gasteiger partial charge is 0.246 e. The number of hydrogen-bond acceptors (Lipinski definition) is 5. The maximum atomic E-state index is 13.6. The summed E-state index contributed by atoms with van der Waals surface area (Å²) in [7, 11) is -3.73. The Bertz CT molecular complexity index is 1120. The third kappa shape index (κ3) is 5.27. The van der Waals surface area contributed by atoms with Crippen LogP contribution in [0.15, 0.2) is 83.8 Å². The number of sulfonamides is 1. The molecule has 0 aromatic heterocycles. The molecule has 0 saturated carbocycles. The Morgan fingerprint density at radius 2 is 1.32 bits per heavy atom. The standard InChI is InChI=1S/C27H32N2O4S/c1-3-32-24-15-16-25(33-4-2)26(21-24)34(30,31)29-19-17-28(18-20-29)27(22-11-7-5-8-12-22)23-13-9-6-10-14-23/h5-16,21,27H,3-4,17-20H2,1-2H3. The molecule has 0 unspecified atom stereocenters. The summed E-state index contributed by atoms with van der Waals surface area (Å²) < 4.78 is 40.0. The molecule has 0 spiro atoms. The van der Waals surface area contributed by atoms with E-state index in [4.69, 9.17) is 9.47 Å². The molecule has 0 atom stereocenters. The molecule has 3 aromatic carbocycles. The Labute approximate surface area is 202 Å². The lowest BCUT2D eigenvalue weighted by atomic mass is 9.96. The van der Waals surface area contributed by atoms with Gasteiger partial charge in [0.15, 0.2) is 0 Å². The second kappa shape index (κ2) is 11.0. The van der Waals surface area contributed by atoms with Gasteiger partial charge in [0.1, 0.15) is 16.4 Å². The summed E-state index contributed by atoms with van der Waals surface area (Å²) in [5.41, 5.74) is 2.40. The molecule has 7 heteroatoms. The van der Waals surface area contributed by atoms with E-state index in [1.54, 1.807) is 22.5 Å². The van der Waals surface area contributed by atoms with Crippen LogP contribution in [-0.2, 0) is 10.0 Å². The van der Waals surface area contributed by atoms with Crippen molar-refractivity contribution in [1.29, 1.82) is 0 Å². The van der Waals surface area contributed by atoms with Gasteiger partial charge in [-0.05, 0) is 37.1 Å². The zero-order valence-electron chi connectivity index (χ0n) is 19.8. The van der Waals surface area contributed by atoms with Crippen molar-refractivity contribution in [3.8, 4) is 11.5 Å². The molecule has 0 N–H and O–H groups in total. The normalized spacial score (nSPS) is 15.4. The van der Waals surface area contributed by atoms with Gasteiger partial charge in [0, 0.05) is 32.2 Å². The molecule has 1 aliphatic rings. The van der Waals surface area contributed by atoms with Crippen LogP contribution in [-0.4, -0.2) is 57.0 Å². The average Bonchev–Trinajstić information content (AvgIpc) is 2.87. The topological polar surface area (TPSA) is 59.1 Å². The van der Waals surface area contributed by atoms with Gasteiger partial charge in [-0.3, -0.25) is 4.90 Å². The molecule has 1 aliphatic heterocycles. The van der Waals surface area contributed by atoms with Crippen LogP contribution in [0.1, 0.15) is 31.0 Å². The number of ether oxygens (including phenoxy) is 2. The Balaban J connectivity index is 1.57. The van der Waals surface area contributed by atoms with Crippen LogP contribution < -0.4 is 9.47 Å². The molecular formula is C27H32N2O4S. The minimum absolute atomic E-state index is 0.0764. The highest BCUT2D eigenvalue weighted by Crippen LogP contribution is 2.34. The monoisotopic (exact) mass is 480 g/mol. The van der Waals surface area contributed by atoms with E-state index in [9.17, 15) is 8.42 Å². The Morgan fingerprint density at radius 3 is 1.85 bits per heavy atom. The van der Waals surface area contributed by atoms with Gasteiger partial charge in [0.2, 0.25) is 10.0 Å². The van der Waals surface area contributed by atoms with Crippen LogP contribution in [0.5, 0.6) is 11.5 Å². The lowest BCUT2D eigenvalue weighted by Gasteiger charge is -2.39. The van der Waals surface area contributed by atoms with Gasteiger partial charge in [-0.2, -0.15) is 4.31 Å². The summed E-state index contributed by atoms with van der Waals surface area (Å²) in [6, 6.07) is 25.8. The van der Waals surface area contributed by atoms with Gasteiger partial charge in [-0.1, -0.05) is 60.7 Å². The van der Waals surface area contributed by atoms with E-state index < -0.39 is 10.0 Å². The first-order valence-electron chi connectivity index (χ1n) is 11.8. The van der Waals surface area contributed by atoms with Gasteiger partial charge in [0.25, 0.3) is 0 Å². The molecule has 1 heterocycles. The summed E-state index contributed by atoms with van der Waals surface area (Å²) in [6.07, 6.45) is 0. The second-order valence-electron chi connectivity index (χ2n) is 8.14. The van der Waals surface area contributed by atoms with Crippen molar-refractivity contribution in [3.05, 3.63) is 90.0 Å². The lowest BCUT2D eigenvalue weighted by Crippen LogP contribution is -2.49. The molecular weight excluding hydrogens is 448 g/mol. The van der Waals surface area contributed by atoms with Crippen molar-refractivity contribution in [2.45, 2.75) is 24.8 Å². The van der Waals surface area contributed by atoms with E-state index in [1.807, 2.05) is 50.2 Å².